The van der Waals surface area contributed by atoms with Crippen LogP contribution in [0.5, 0.6) is 5.75 Å². The fourth-order valence-electron chi connectivity index (χ4n) is 3.20. The molecule has 3 rings (SSSR count). The minimum atomic E-state index is 0.419. The summed E-state index contributed by atoms with van der Waals surface area (Å²) in [7, 11) is 1.78. The van der Waals surface area contributed by atoms with Crippen LogP contribution in [0.25, 0.3) is 0 Å². The summed E-state index contributed by atoms with van der Waals surface area (Å²) < 4.78 is 5.20. The van der Waals surface area contributed by atoms with Gasteiger partial charge in [-0.25, -0.2) is 0 Å². The number of rotatable bonds is 6. The van der Waals surface area contributed by atoms with Crippen LogP contribution in [0.15, 0.2) is 18.2 Å². The van der Waals surface area contributed by atoms with Gasteiger partial charge in [0.05, 0.1) is 0 Å². The Morgan fingerprint density at radius 2 is 2.26 bits per heavy atom. The molecule has 0 bridgehead atoms. The van der Waals surface area contributed by atoms with Crippen LogP contribution in [-0.2, 0) is 11.2 Å². The molecule has 0 radical (unpaired) electrons. The second-order valence-electron chi connectivity index (χ2n) is 6.06. The largest absolute Gasteiger partial charge is 0.508 e. The third kappa shape index (κ3) is 2.63. The van der Waals surface area contributed by atoms with Gasteiger partial charge in [-0.2, -0.15) is 0 Å². The van der Waals surface area contributed by atoms with Crippen LogP contribution in [0.1, 0.15) is 42.9 Å². The minimum absolute atomic E-state index is 0.419. The first-order valence-corrected chi connectivity index (χ1v) is 7.27. The second kappa shape index (κ2) is 5.14. The zero-order valence-corrected chi connectivity index (χ0v) is 11.6. The van der Waals surface area contributed by atoms with Gasteiger partial charge in [-0.05, 0) is 54.7 Å². The third-order valence-corrected chi connectivity index (χ3v) is 4.76. The van der Waals surface area contributed by atoms with E-state index in [2.05, 4.69) is 11.4 Å². The summed E-state index contributed by atoms with van der Waals surface area (Å²) in [4.78, 5) is 0. The lowest BCUT2D eigenvalue weighted by molar-refractivity contribution is 0.170. The minimum Gasteiger partial charge on any atom is -0.508 e. The van der Waals surface area contributed by atoms with E-state index in [1.165, 1.54) is 18.4 Å². The van der Waals surface area contributed by atoms with Gasteiger partial charge in [-0.1, -0.05) is 12.1 Å². The third-order valence-electron chi connectivity index (χ3n) is 4.76. The van der Waals surface area contributed by atoms with Crippen molar-refractivity contribution in [1.29, 1.82) is 0 Å². The van der Waals surface area contributed by atoms with Crippen molar-refractivity contribution in [1.82, 2.24) is 5.32 Å². The number of phenols is 1. The molecule has 3 heteroatoms. The van der Waals surface area contributed by atoms with E-state index in [-0.39, 0.29) is 0 Å². The molecule has 104 valence electrons. The van der Waals surface area contributed by atoms with Gasteiger partial charge < -0.3 is 15.2 Å². The zero-order valence-electron chi connectivity index (χ0n) is 11.6. The highest BCUT2D eigenvalue weighted by atomic mass is 16.5. The molecule has 2 aliphatic rings. The molecule has 0 heterocycles. The molecule has 0 amide bonds. The molecule has 2 N–H and O–H groups in total. The van der Waals surface area contributed by atoms with Crippen molar-refractivity contribution in [3.63, 3.8) is 0 Å². The van der Waals surface area contributed by atoms with Gasteiger partial charge in [0.15, 0.2) is 0 Å². The van der Waals surface area contributed by atoms with Crippen LogP contribution in [0.3, 0.4) is 0 Å². The van der Waals surface area contributed by atoms with Crippen LogP contribution in [0.2, 0.25) is 0 Å². The Balaban J connectivity index is 1.60. The number of benzene rings is 1. The highest BCUT2D eigenvalue weighted by Gasteiger charge is 2.42. The van der Waals surface area contributed by atoms with Gasteiger partial charge in [0.2, 0.25) is 0 Å². The Morgan fingerprint density at radius 1 is 1.42 bits per heavy atom. The van der Waals surface area contributed by atoms with E-state index < -0.39 is 0 Å². The van der Waals surface area contributed by atoms with Crippen LogP contribution >= 0.6 is 0 Å². The molecular formula is C16H23NO2. The Bertz CT molecular complexity index is 454. The molecule has 0 saturated heterocycles. The summed E-state index contributed by atoms with van der Waals surface area (Å²) in [6.07, 6.45) is 5.90. The van der Waals surface area contributed by atoms with Crippen LogP contribution in [-0.4, -0.2) is 25.4 Å². The lowest BCUT2D eigenvalue weighted by atomic mass is 10.0. The molecular weight excluding hydrogens is 238 g/mol. The van der Waals surface area contributed by atoms with Gasteiger partial charge in [-0.15, -0.1) is 0 Å². The van der Waals surface area contributed by atoms with Crippen molar-refractivity contribution in [3.8, 4) is 5.75 Å². The number of hydrogen-bond donors (Lipinski definition) is 2. The van der Waals surface area contributed by atoms with Crippen LogP contribution in [0, 0.1) is 5.41 Å². The van der Waals surface area contributed by atoms with Crippen molar-refractivity contribution in [3.05, 3.63) is 29.3 Å². The Kier molecular flexibility index (Phi) is 3.50. The average Bonchev–Trinajstić information content (AvgIpc) is 3.07. The smallest absolute Gasteiger partial charge is 0.119 e. The van der Waals surface area contributed by atoms with Crippen molar-refractivity contribution in [2.75, 3.05) is 20.3 Å². The summed E-state index contributed by atoms with van der Waals surface area (Å²) in [5.41, 5.74) is 2.92. The van der Waals surface area contributed by atoms with E-state index in [1.54, 1.807) is 13.2 Å². The fraction of sp³-hybridized carbons (Fsp3) is 0.625. The number of fused-ring (bicyclic) bond motifs is 1. The number of phenolic OH excluding ortho intramolecular Hbond substituents is 1. The van der Waals surface area contributed by atoms with Crippen LogP contribution in [0.4, 0.5) is 0 Å². The van der Waals surface area contributed by atoms with Crippen molar-refractivity contribution < 1.29 is 9.84 Å². The van der Waals surface area contributed by atoms with Crippen molar-refractivity contribution in [2.24, 2.45) is 5.41 Å². The van der Waals surface area contributed by atoms with Gasteiger partial charge in [0.25, 0.3) is 0 Å². The summed E-state index contributed by atoms with van der Waals surface area (Å²) in [6, 6.07) is 6.31. The number of nitrogens with one attached hydrogen (secondary N) is 1. The number of methoxy groups -OCH3 is 1. The normalized spacial score (nSPS) is 23.3. The molecule has 3 nitrogen and oxygen atoms in total. The Hall–Kier alpha value is -1.06. The maximum atomic E-state index is 9.86. The first-order valence-electron chi connectivity index (χ1n) is 7.27. The van der Waals surface area contributed by atoms with E-state index in [0.29, 0.717) is 17.2 Å². The predicted octanol–water partition coefficient (Wildman–Crippen LogP) is 2.79. The Labute approximate surface area is 115 Å². The average molecular weight is 261 g/mol. The molecule has 1 saturated carbocycles. The van der Waals surface area contributed by atoms with E-state index in [4.69, 9.17) is 4.74 Å². The predicted molar refractivity (Wildman–Crippen MR) is 75.3 cm³/mol. The van der Waals surface area contributed by atoms with E-state index in [1.807, 2.05) is 6.07 Å². The maximum absolute atomic E-state index is 9.86. The quantitative estimate of drug-likeness (QED) is 0.827. The lowest BCUT2D eigenvalue weighted by Gasteiger charge is -2.20. The number of ether oxygens (including phenoxy) is 1. The number of aromatic hydroxyl groups is 1. The summed E-state index contributed by atoms with van der Waals surface area (Å²) in [5.74, 6) is 0.460. The SMILES string of the molecule is COCCC1(CNC2CCc3c(O)cccc32)CC1. The fourth-order valence-corrected chi connectivity index (χ4v) is 3.20. The Morgan fingerprint density at radius 3 is 3.00 bits per heavy atom. The molecule has 0 aliphatic heterocycles. The zero-order chi connectivity index (χ0) is 13.3. The van der Waals surface area contributed by atoms with E-state index in [0.717, 1.165) is 38.0 Å². The molecule has 2 aliphatic carbocycles. The summed E-state index contributed by atoms with van der Waals surface area (Å²) in [6.45, 7) is 1.94. The second-order valence-corrected chi connectivity index (χ2v) is 6.06. The molecule has 1 aromatic rings. The first kappa shape index (κ1) is 12.9. The maximum Gasteiger partial charge on any atom is 0.119 e. The van der Waals surface area contributed by atoms with Crippen molar-refractivity contribution >= 4 is 0 Å². The summed E-state index contributed by atoms with van der Waals surface area (Å²) >= 11 is 0. The van der Waals surface area contributed by atoms with Gasteiger partial charge >= 0.3 is 0 Å². The standard InChI is InChI=1S/C16H23NO2/c1-19-10-9-16(7-8-16)11-17-14-6-5-13-12(14)3-2-4-15(13)18/h2-4,14,17-18H,5-11H2,1H3. The number of hydrogen-bond acceptors (Lipinski definition) is 3. The van der Waals surface area contributed by atoms with Gasteiger partial charge in [0, 0.05) is 26.3 Å². The van der Waals surface area contributed by atoms with Crippen molar-refractivity contribution in [2.45, 2.75) is 38.1 Å². The van der Waals surface area contributed by atoms with Gasteiger partial charge in [-0.3, -0.25) is 0 Å². The van der Waals surface area contributed by atoms with E-state index >= 15 is 0 Å². The van der Waals surface area contributed by atoms with Crippen LogP contribution < -0.4 is 5.32 Å². The first-order chi connectivity index (χ1) is 9.24. The highest BCUT2D eigenvalue weighted by molar-refractivity contribution is 5.44. The molecule has 1 atom stereocenters. The lowest BCUT2D eigenvalue weighted by Crippen LogP contribution is -2.28. The molecule has 0 aromatic heterocycles. The topological polar surface area (TPSA) is 41.5 Å². The summed E-state index contributed by atoms with van der Waals surface area (Å²) in [5, 5.41) is 13.6. The molecule has 1 aromatic carbocycles. The highest BCUT2D eigenvalue weighted by Crippen LogP contribution is 2.49. The van der Waals surface area contributed by atoms with E-state index in [9.17, 15) is 5.11 Å². The van der Waals surface area contributed by atoms with Gasteiger partial charge in [0.1, 0.15) is 5.75 Å². The molecule has 0 spiro atoms. The molecule has 19 heavy (non-hydrogen) atoms. The molecule has 1 unspecified atom stereocenters. The monoisotopic (exact) mass is 261 g/mol. The molecule has 1 fully saturated rings.